The second-order valence-corrected chi connectivity index (χ2v) is 9.38. The number of pyridine rings is 1. The normalized spacial score (nSPS) is 14.7. The van der Waals surface area contributed by atoms with E-state index < -0.39 is 0 Å². The minimum atomic E-state index is -0.381. The monoisotopic (exact) mass is 533 g/mol. The van der Waals surface area contributed by atoms with Gasteiger partial charge in [0.15, 0.2) is 11.3 Å². The number of likely N-dealkylation sites (tertiary alicyclic amines) is 1. The number of nitrogens with zero attached hydrogens (tertiary/aromatic N) is 5. The van der Waals surface area contributed by atoms with Crippen molar-refractivity contribution in [2.24, 2.45) is 0 Å². The third kappa shape index (κ3) is 4.78. The van der Waals surface area contributed by atoms with Crippen LogP contribution in [-0.2, 0) is 6.54 Å². The van der Waals surface area contributed by atoms with E-state index in [0.717, 1.165) is 37.2 Å². The summed E-state index contributed by atoms with van der Waals surface area (Å²) in [4.78, 5) is 24.4. The Morgan fingerprint density at radius 2 is 2.11 bits per heavy atom. The maximum absolute atomic E-state index is 13.3. The van der Waals surface area contributed by atoms with E-state index in [0.29, 0.717) is 15.7 Å². The summed E-state index contributed by atoms with van der Waals surface area (Å²) in [7, 11) is 2.11. The number of halogens is 1. The Kier molecular flexibility index (Phi) is 6.53. The van der Waals surface area contributed by atoms with E-state index >= 15 is 0 Å². The van der Waals surface area contributed by atoms with Gasteiger partial charge in [0.2, 0.25) is 5.76 Å². The Balaban J connectivity index is 1.44. The van der Waals surface area contributed by atoms with E-state index in [1.807, 2.05) is 41.1 Å². The van der Waals surface area contributed by atoms with Gasteiger partial charge in [-0.15, -0.1) is 0 Å². The number of amides is 1. The van der Waals surface area contributed by atoms with Gasteiger partial charge in [0, 0.05) is 36.4 Å². The molecule has 0 bridgehead atoms. The van der Waals surface area contributed by atoms with Crippen LogP contribution in [-0.4, -0.2) is 51.5 Å². The Labute approximate surface area is 210 Å². The highest BCUT2D eigenvalue weighted by molar-refractivity contribution is 9.10. The molecule has 1 aromatic carbocycles. The lowest BCUT2D eigenvalue weighted by atomic mass is 10.1. The molecule has 1 amide bonds. The zero-order valence-electron chi connectivity index (χ0n) is 19.2. The number of benzene rings is 1. The number of furan rings is 1. The Hall–Kier alpha value is -3.68. The van der Waals surface area contributed by atoms with Gasteiger partial charge in [0.1, 0.15) is 11.9 Å². The maximum Gasteiger partial charge on any atom is 0.274 e. The maximum atomic E-state index is 13.3. The number of imidazole rings is 1. The van der Waals surface area contributed by atoms with Gasteiger partial charge in [-0.2, -0.15) is 5.26 Å². The molecular weight excluding hydrogens is 510 g/mol. The number of nitriles is 1. The highest BCUT2D eigenvalue weighted by Gasteiger charge is 2.24. The zero-order chi connectivity index (χ0) is 24.4. The molecule has 4 heterocycles. The molecule has 178 valence electrons. The third-order valence-corrected chi connectivity index (χ3v) is 7.02. The van der Waals surface area contributed by atoms with Crippen LogP contribution in [0.15, 0.2) is 57.9 Å². The average molecular weight is 534 g/mol. The van der Waals surface area contributed by atoms with Crippen molar-refractivity contribution in [2.45, 2.75) is 25.4 Å². The molecule has 3 aromatic heterocycles. The lowest BCUT2D eigenvalue weighted by Crippen LogP contribution is -2.37. The number of para-hydroxylation sites is 1. The van der Waals surface area contributed by atoms with Crippen LogP contribution in [0.4, 0.5) is 5.82 Å². The molecule has 1 saturated heterocycles. The van der Waals surface area contributed by atoms with Gasteiger partial charge < -0.3 is 24.5 Å². The fourth-order valence-electron chi connectivity index (χ4n) is 4.29. The smallest absolute Gasteiger partial charge is 0.274 e. The summed E-state index contributed by atoms with van der Waals surface area (Å²) in [6.45, 7) is 2.27. The number of carbonyl (C=O) groups excluding carboxylic acids is 1. The van der Waals surface area contributed by atoms with Crippen LogP contribution >= 0.6 is 15.9 Å². The van der Waals surface area contributed by atoms with Crippen molar-refractivity contribution in [3.05, 3.63) is 70.5 Å². The lowest BCUT2D eigenvalue weighted by molar-refractivity contribution is 0.0946. The first-order valence-electron chi connectivity index (χ1n) is 11.4. The molecule has 0 radical (unpaired) electrons. The van der Waals surface area contributed by atoms with Gasteiger partial charge in [-0.05, 0) is 60.5 Å². The van der Waals surface area contributed by atoms with Gasteiger partial charge in [0.05, 0.1) is 16.5 Å². The lowest BCUT2D eigenvalue weighted by Gasteiger charge is -2.30. The number of aromatic nitrogens is 3. The van der Waals surface area contributed by atoms with Gasteiger partial charge in [-0.3, -0.25) is 4.79 Å². The van der Waals surface area contributed by atoms with Crippen molar-refractivity contribution >= 4 is 38.6 Å². The number of piperidine rings is 1. The quantitative estimate of drug-likeness (QED) is 0.383. The van der Waals surface area contributed by atoms with Crippen LogP contribution in [0.3, 0.4) is 0 Å². The Bertz CT molecular complexity index is 1400. The van der Waals surface area contributed by atoms with Crippen LogP contribution in [0.1, 0.15) is 34.7 Å². The van der Waals surface area contributed by atoms with Gasteiger partial charge >= 0.3 is 0 Å². The number of anilines is 1. The van der Waals surface area contributed by atoms with Gasteiger partial charge in [-0.25, -0.2) is 9.97 Å². The summed E-state index contributed by atoms with van der Waals surface area (Å²) < 4.78 is 8.26. The van der Waals surface area contributed by atoms with E-state index in [1.54, 1.807) is 18.6 Å². The van der Waals surface area contributed by atoms with Crippen molar-refractivity contribution in [3.63, 3.8) is 0 Å². The van der Waals surface area contributed by atoms with Crippen LogP contribution in [0.2, 0.25) is 0 Å². The first-order valence-corrected chi connectivity index (χ1v) is 12.2. The molecule has 10 heteroatoms. The molecule has 2 N–H and O–H groups in total. The number of hydrogen-bond acceptors (Lipinski definition) is 7. The van der Waals surface area contributed by atoms with Gasteiger partial charge in [0.25, 0.3) is 5.91 Å². The van der Waals surface area contributed by atoms with Crippen molar-refractivity contribution in [3.8, 4) is 11.8 Å². The van der Waals surface area contributed by atoms with Crippen molar-refractivity contribution in [2.75, 3.05) is 25.5 Å². The fraction of sp³-hybridized carbons (Fsp3) is 0.280. The molecule has 5 rings (SSSR count). The highest BCUT2D eigenvalue weighted by Crippen LogP contribution is 2.35. The van der Waals surface area contributed by atoms with Crippen LogP contribution in [0, 0.1) is 11.3 Å². The van der Waals surface area contributed by atoms with E-state index in [2.05, 4.69) is 48.5 Å². The summed E-state index contributed by atoms with van der Waals surface area (Å²) in [5.74, 6) is 0.313. The summed E-state index contributed by atoms with van der Waals surface area (Å²) in [6.07, 6.45) is 7.23. The second-order valence-electron chi connectivity index (χ2n) is 8.59. The van der Waals surface area contributed by atoms with Crippen molar-refractivity contribution < 1.29 is 9.21 Å². The minimum absolute atomic E-state index is 0.124. The largest absolute Gasteiger partial charge is 0.443 e. The molecule has 35 heavy (non-hydrogen) atoms. The molecule has 0 spiro atoms. The number of hydrogen-bond donors (Lipinski definition) is 2. The molecule has 1 aliphatic rings. The van der Waals surface area contributed by atoms with Gasteiger partial charge in [-0.1, -0.05) is 18.2 Å². The molecule has 0 unspecified atom stereocenters. The minimum Gasteiger partial charge on any atom is -0.443 e. The average Bonchev–Trinajstić information content (AvgIpc) is 3.56. The SMILES string of the molecule is CN1CCC(Nc2nc(C(=O)NCc3ccccc3-n3ccnc3)c3oc(C#N)cc3c2Br)CC1. The van der Waals surface area contributed by atoms with E-state index in [4.69, 9.17) is 4.42 Å². The van der Waals surface area contributed by atoms with Crippen LogP contribution < -0.4 is 10.6 Å². The predicted octanol–water partition coefficient (Wildman–Crippen LogP) is 4.08. The molecule has 1 aliphatic heterocycles. The van der Waals surface area contributed by atoms with Crippen LogP contribution in [0.25, 0.3) is 16.7 Å². The number of fused-ring (bicyclic) bond motifs is 1. The molecule has 4 aromatic rings. The predicted molar refractivity (Wildman–Crippen MR) is 135 cm³/mol. The van der Waals surface area contributed by atoms with E-state index in [1.165, 1.54) is 0 Å². The topological polar surface area (TPSA) is 112 Å². The highest BCUT2D eigenvalue weighted by atomic mass is 79.9. The molecule has 9 nitrogen and oxygen atoms in total. The standard InChI is InChI=1S/C25H24BrN7O2/c1-32-9-6-17(7-10-32)30-24-21(26)19-12-18(13-27)35-23(19)22(31-24)25(34)29-14-16-4-2-3-5-20(16)33-11-8-28-15-33/h2-5,8,11-12,15,17H,6-7,9-10,14H2,1H3,(H,29,34)(H,30,31). The molecular formula is C25H24BrN7O2. The zero-order valence-corrected chi connectivity index (χ0v) is 20.7. The summed E-state index contributed by atoms with van der Waals surface area (Å²) >= 11 is 3.61. The van der Waals surface area contributed by atoms with Crippen LogP contribution in [0.5, 0.6) is 0 Å². The van der Waals surface area contributed by atoms with E-state index in [9.17, 15) is 10.1 Å². The molecule has 0 aliphatic carbocycles. The second kappa shape index (κ2) is 9.90. The van der Waals surface area contributed by atoms with E-state index in [-0.39, 0.29) is 35.5 Å². The third-order valence-electron chi connectivity index (χ3n) is 6.21. The number of carbonyl (C=O) groups is 1. The number of rotatable bonds is 6. The number of nitrogens with one attached hydrogen (secondary N) is 2. The van der Waals surface area contributed by atoms with Crippen molar-refractivity contribution in [1.29, 1.82) is 5.26 Å². The summed E-state index contributed by atoms with van der Waals surface area (Å²) in [6, 6.07) is 11.7. The molecule has 0 saturated carbocycles. The summed E-state index contributed by atoms with van der Waals surface area (Å²) in [5, 5.41) is 16.5. The summed E-state index contributed by atoms with van der Waals surface area (Å²) in [5.41, 5.74) is 2.27. The Morgan fingerprint density at radius 3 is 2.86 bits per heavy atom. The fourth-order valence-corrected chi connectivity index (χ4v) is 4.79. The molecule has 0 atom stereocenters. The Morgan fingerprint density at radius 1 is 1.31 bits per heavy atom. The first kappa shape index (κ1) is 23.1. The first-order chi connectivity index (χ1) is 17.0. The molecule has 1 fully saturated rings. The van der Waals surface area contributed by atoms with Crippen molar-refractivity contribution in [1.82, 2.24) is 24.8 Å².